The number of hydrogen-bond acceptors (Lipinski definition) is 8. The van der Waals surface area contributed by atoms with Crippen molar-refractivity contribution in [3.05, 3.63) is 60.3 Å². The monoisotopic (exact) mass is 452 g/mol. The van der Waals surface area contributed by atoms with Crippen LogP contribution in [-0.2, 0) is 16.4 Å². The van der Waals surface area contributed by atoms with Gasteiger partial charge in [-0.3, -0.25) is 4.72 Å². The molecular formula is C22H24N6O3S. The number of benzene rings is 2. The Morgan fingerprint density at radius 3 is 2.59 bits per heavy atom. The Hall–Kier alpha value is -3.37. The van der Waals surface area contributed by atoms with Gasteiger partial charge in [-0.15, -0.1) is 0 Å². The number of fused-ring (bicyclic) bond motifs is 1. The highest BCUT2D eigenvalue weighted by Gasteiger charge is 2.19. The molecule has 1 fully saturated rings. The smallest absolute Gasteiger partial charge is 0.261 e. The highest BCUT2D eigenvalue weighted by molar-refractivity contribution is 7.92. The van der Waals surface area contributed by atoms with Crippen molar-refractivity contribution in [2.75, 3.05) is 47.7 Å². The van der Waals surface area contributed by atoms with Crippen LogP contribution in [-0.4, -0.2) is 51.2 Å². The van der Waals surface area contributed by atoms with Crippen molar-refractivity contribution >= 4 is 33.2 Å². The third-order valence-corrected chi connectivity index (χ3v) is 6.80. The summed E-state index contributed by atoms with van der Waals surface area (Å²) in [6.45, 7) is 4.16. The molecule has 0 unspecified atom stereocenters. The highest BCUT2D eigenvalue weighted by Crippen LogP contribution is 2.28. The van der Waals surface area contributed by atoms with Crippen LogP contribution in [0.15, 0.2) is 59.6 Å². The van der Waals surface area contributed by atoms with Gasteiger partial charge in [-0.2, -0.15) is 4.98 Å². The third-order valence-electron chi connectivity index (χ3n) is 5.42. The van der Waals surface area contributed by atoms with E-state index in [4.69, 9.17) is 4.74 Å². The second-order valence-corrected chi connectivity index (χ2v) is 9.34. The fourth-order valence-electron chi connectivity index (χ4n) is 3.75. The van der Waals surface area contributed by atoms with Crippen LogP contribution in [0.5, 0.6) is 5.75 Å². The zero-order valence-electron chi connectivity index (χ0n) is 17.4. The van der Waals surface area contributed by atoms with Crippen molar-refractivity contribution in [3.8, 4) is 5.75 Å². The van der Waals surface area contributed by atoms with Gasteiger partial charge in [0, 0.05) is 50.2 Å². The SMILES string of the molecule is O=S(=O)(Nc1ccc(Nc2ccnc(N3CCNCC3)n2)cc1)c1ccc2c(c1)CCO2. The molecule has 1 aromatic heterocycles. The Balaban J connectivity index is 1.26. The van der Waals surface area contributed by atoms with Crippen LogP contribution in [0.1, 0.15) is 5.56 Å². The number of piperazine rings is 1. The van der Waals surface area contributed by atoms with Crippen molar-refractivity contribution in [3.63, 3.8) is 0 Å². The summed E-state index contributed by atoms with van der Waals surface area (Å²) in [7, 11) is -3.68. The molecule has 9 nitrogen and oxygen atoms in total. The first kappa shape index (κ1) is 20.5. The number of ether oxygens (including phenoxy) is 1. The summed E-state index contributed by atoms with van der Waals surface area (Å²) in [5.74, 6) is 2.13. The molecular weight excluding hydrogens is 428 g/mol. The van der Waals surface area contributed by atoms with Gasteiger partial charge in [0.15, 0.2) is 0 Å². The molecule has 3 heterocycles. The van der Waals surface area contributed by atoms with Crippen LogP contribution in [0.2, 0.25) is 0 Å². The Kier molecular flexibility index (Phi) is 5.54. The second kappa shape index (κ2) is 8.64. The Morgan fingerprint density at radius 1 is 1.00 bits per heavy atom. The van der Waals surface area contributed by atoms with Crippen LogP contribution in [0.25, 0.3) is 0 Å². The number of hydrogen-bond donors (Lipinski definition) is 3. The molecule has 3 aromatic rings. The molecule has 166 valence electrons. The maximum absolute atomic E-state index is 12.8. The lowest BCUT2D eigenvalue weighted by Crippen LogP contribution is -2.44. The fraction of sp³-hybridized carbons (Fsp3) is 0.273. The molecule has 0 amide bonds. The minimum atomic E-state index is -3.68. The fourth-order valence-corrected chi connectivity index (χ4v) is 4.86. The maximum Gasteiger partial charge on any atom is 0.261 e. The standard InChI is InChI=1S/C22H24N6O3S/c29-32(30,19-5-6-20-16(15-19)8-14-31-20)27-18-3-1-17(2-4-18)25-21-7-9-24-22(26-21)28-12-10-23-11-13-28/h1-7,9,15,23,27H,8,10-14H2,(H,24,25,26). The number of nitrogens with zero attached hydrogens (tertiary/aromatic N) is 3. The van der Waals surface area contributed by atoms with E-state index in [2.05, 4.69) is 30.2 Å². The van der Waals surface area contributed by atoms with Crippen molar-refractivity contribution in [1.82, 2.24) is 15.3 Å². The summed E-state index contributed by atoms with van der Waals surface area (Å²) in [4.78, 5) is 11.3. The molecule has 2 aliphatic rings. The van der Waals surface area contributed by atoms with Crippen molar-refractivity contribution in [2.24, 2.45) is 0 Å². The zero-order valence-corrected chi connectivity index (χ0v) is 18.2. The summed E-state index contributed by atoms with van der Waals surface area (Å²) in [5.41, 5.74) is 2.20. The van der Waals surface area contributed by atoms with E-state index in [1.54, 1.807) is 54.7 Å². The van der Waals surface area contributed by atoms with Crippen molar-refractivity contribution < 1.29 is 13.2 Å². The number of nitrogens with one attached hydrogen (secondary N) is 3. The van der Waals surface area contributed by atoms with Crippen LogP contribution >= 0.6 is 0 Å². The van der Waals surface area contributed by atoms with Crippen LogP contribution in [0, 0.1) is 0 Å². The van der Waals surface area contributed by atoms with Gasteiger partial charge in [-0.05, 0) is 54.1 Å². The molecule has 2 aliphatic heterocycles. The van der Waals surface area contributed by atoms with E-state index in [1.165, 1.54) is 0 Å². The van der Waals surface area contributed by atoms with E-state index in [-0.39, 0.29) is 4.90 Å². The number of anilines is 4. The topological polar surface area (TPSA) is 108 Å². The first-order valence-corrected chi connectivity index (χ1v) is 12.0. The van der Waals surface area contributed by atoms with Crippen LogP contribution in [0.3, 0.4) is 0 Å². The largest absolute Gasteiger partial charge is 0.493 e. The molecule has 5 rings (SSSR count). The van der Waals surface area contributed by atoms with E-state index in [0.29, 0.717) is 24.1 Å². The van der Waals surface area contributed by atoms with Gasteiger partial charge in [-0.1, -0.05) is 0 Å². The number of aromatic nitrogens is 2. The molecule has 2 aromatic carbocycles. The summed E-state index contributed by atoms with van der Waals surface area (Å²) in [5, 5.41) is 6.56. The molecule has 0 radical (unpaired) electrons. The predicted molar refractivity (Wildman–Crippen MR) is 123 cm³/mol. The first-order chi connectivity index (χ1) is 15.6. The van der Waals surface area contributed by atoms with Crippen LogP contribution in [0.4, 0.5) is 23.1 Å². The highest BCUT2D eigenvalue weighted by atomic mass is 32.2. The molecule has 10 heteroatoms. The minimum absolute atomic E-state index is 0.227. The molecule has 32 heavy (non-hydrogen) atoms. The molecule has 0 spiro atoms. The normalized spacial score (nSPS) is 15.7. The lowest BCUT2D eigenvalue weighted by Gasteiger charge is -2.27. The summed E-state index contributed by atoms with van der Waals surface area (Å²) >= 11 is 0. The summed E-state index contributed by atoms with van der Waals surface area (Å²) in [6, 6.07) is 13.8. The Labute approximate surface area is 186 Å². The first-order valence-electron chi connectivity index (χ1n) is 10.5. The van der Waals surface area contributed by atoms with Gasteiger partial charge in [0.25, 0.3) is 10.0 Å². The average molecular weight is 453 g/mol. The van der Waals surface area contributed by atoms with E-state index in [1.807, 2.05) is 0 Å². The quantitative estimate of drug-likeness (QED) is 0.523. The number of sulfonamides is 1. The third kappa shape index (κ3) is 4.46. The van der Waals surface area contributed by atoms with Gasteiger partial charge in [0.1, 0.15) is 11.6 Å². The Morgan fingerprint density at radius 2 is 1.78 bits per heavy atom. The molecule has 3 N–H and O–H groups in total. The van der Waals surface area contributed by atoms with Gasteiger partial charge < -0.3 is 20.3 Å². The molecule has 1 saturated heterocycles. The van der Waals surface area contributed by atoms with Crippen LogP contribution < -0.4 is 25.0 Å². The predicted octanol–water partition coefficient (Wildman–Crippen LogP) is 2.37. The number of rotatable bonds is 6. The lowest BCUT2D eigenvalue weighted by atomic mass is 10.2. The van der Waals surface area contributed by atoms with Gasteiger partial charge in [-0.25, -0.2) is 13.4 Å². The zero-order chi connectivity index (χ0) is 22.0. The second-order valence-electron chi connectivity index (χ2n) is 7.65. The summed E-state index contributed by atoms with van der Waals surface area (Å²) < 4.78 is 33.6. The lowest BCUT2D eigenvalue weighted by molar-refractivity contribution is 0.356. The van der Waals surface area contributed by atoms with E-state index in [9.17, 15) is 8.42 Å². The minimum Gasteiger partial charge on any atom is -0.493 e. The molecule has 0 atom stereocenters. The summed E-state index contributed by atoms with van der Waals surface area (Å²) in [6.07, 6.45) is 2.45. The average Bonchev–Trinajstić information content (AvgIpc) is 3.29. The van der Waals surface area contributed by atoms with E-state index < -0.39 is 10.0 Å². The van der Waals surface area contributed by atoms with Gasteiger partial charge in [0.2, 0.25) is 5.95 Å². The van der Waals surface area contributed by atoms with Gasteiger partial charge in [0.05, 0.1) is 11.5 Å². The Bertz CT molecular complexity index is 1210. The van der Waals surface area contributed by atoms with E-state index >= 15 is 0 Å². The molecule has 0 saturated carbocycles. The van der Waals surface area contributed by atoms with Crippen molar-refractivity contribution in [2.45, 2.75) is 11.3 Å². The molecule has 0 bridgehead atoms. The van der Waals surface area contributed by atoms with E-state index in [0.717, 1.165) is 49.6 Å². The maximum atomic E-state index is 12.8. The van der Waals surface area contributed by atoms with Crippen molar-refractivity contribution in [1.29, 1.82) is 0 Å². The molecule has 0 aliphatic carbocycles. The van der Waals surface area contributed by atoms with Gasteiger partial charge >= 0.3 is 0 Å².